The van der Waals surface area contributed by atoms with Gasteiger partial charge in [0.25, 0.3) is 0 Å². The summed E-state index contributed by atoms with van der Waals surface area (Å²) in [5.74, 6) is 1.53. The molecule has 2 N–H and O–H groups in total. The fraction of sp³-hybridized carbons (Fsp3) is 0.833. The van der Waals surface area contributed by atoms with Gasteiger partial charge < -0.3 is 15.0 Å². The molecule has 1 saturated carbocycles. The number of hydrogen-bond acceptors (Lipinski definition) is 5. The maximum atomic E-state index is 5.73. The quantitative estimate of drug-likeness (QED) is 0.821. The Labute approximate surface area is 102 Å². The Morgan fingerprint density at radius 2 is 2.29 bits per heavy atom. The highest BCUT2D eigenvalue weighted by Crippen LogP contribution is 2.43. The summed E-state index contributed by atoms with van der Waals surface area (Å²) < 4.78 is 10.9. The number of methoxy groups -OCH3 is 1. The molecule has 1 aromatic rings. The van der Waals surface area contributed by atoms with Gasteiger partial charge in [-0.3, -0.25) is 0 Å². The molecular formula is C12H21N3O2. The lowest BCUT2D eigenvalue weighted by Crippen LogP contribution is -2.37. The molecule has 96 valence electrons. The van der Waals surface area contributed by atoms with Crippen LogP contribution in [0.4, 0.5) is 0 Å². The van der Waals surface area contributed by atoms with Gasteiger partial charge in [0, 0.05) is 13.7 Å². The zero-order valence-corrected chi connectivity index (χ0v) is 10.6. The van der Waals surface area contributed by atoms with E-state index in [1.54, 1.807) is 7.11 Å². The highest BCUT2D eigenvalue weighted by atomic mass is 16.5. The van der Waals surface area contributed by atoms with E-state index in [9.17, 15) is 0 Å². The van der Waals surface area contributed by atoms with E-state index >= 15 is 0 Å². The topological polar surface area (TPSA) is 74.2 Å². The van der Waals surface area contributed by atoms with Crippen molar-refractivity contribution < 1.29 is 9.26 Å². The van der Waals surface area contributed by atoms with Crippen molar-refractivity contribution in [2.75, 3.05) is 13.7 Å². The van der Waals surface area contributed by atoms with Gasteiger partial charge in [0.05, 0.1) is 5.92 Å². The molecule has 5 nitrogen and oxygen atoms in total. The Balaban J connectivity index is 2.14. The Hall–Kier alpha value is -0.940. The monoisotopic (exact) mass is 239 g/mol. The van der Waals surface area contributed by atoms with Crippen LogP contribution in [0.2, 0.25) is 0 Å². The predicted octanol–water partition coefficient (Wildman–Crippen LogP) is 1.94. The zero-order chi connectivity index (χ0) is 12.3. The maximum absolute atomic E-state index is 5.73. The number of nitrogens with zero attached hydrogens (tertiary/aromatic N) is 2. The largest absolute Gasteiger partial charge is 0.370 e. The van der Waals surface area contributed by atoms with Crippen molar-refractivity contribution >= 4 is 0 Å². The Morgan fingerprint density at radius 3 is 2.76 bits per heavy atom. The molecule has 1 atom stereocenters. The molecule has 1 aromatic heterocycles. The van der Waals surface area contributed by atoms with E-state index in [1.165, 1.54) is 0 Å². The molecule has 1 unspecified atom stereocenters. The number of rotatable bonds is 6. The molecule has 17 heavy (non-hydrogen) atoms. The summed E-state index contributed by atoms with van der Waals surface area (Å²) in [7, 11) is 1.71. The lowest BCUT2D eigenvalue weighted by molar-refractivity contribution is -0.0858. The molecular weight excluding hydrogens is 218 g/mol. The van der Waals surface area contributed by atoms with Crippen molar-refractivity contribution in [3.05, 3.63) is 11.7 Å². The SMILES string of the molecule is CCCC(CN)c1nc(C2(OC)CCC2)no1. The summed E-state index contributed by atoms with van der Waals surface area (Å²) in [5, 5.41) is 4.07. The van der Waals surface area contributed by atoms with Crippen LogP contribution in [-0.4, -0.2) is 23.8 Å². The van der Waals surface area contributed by atoms with E-state index in [-0.39, 0.29) is 11.5 Å². The van der Waals surface area contributed by atoms with Crippen LogP contribution in [0.1, 0.15) is 56.7 Å². The fourth-order valence-electron chi connectivity index (χ4n) is 2.29. The summed E-state index contributed by atoms with van der Waals surface area (Å²) >= 11 is 0. The van der Waals surface area contributed by atoms with Crippen LogP contribution in [0.15, 0.2) is 4.52 Å². The van der Waals surface area contributed by atoms with Gasteiger partial charge in [-0.15, -0.1) is 0 Å². The molecule has 0 saturated heterocycles. The van der Waals surface area contributed by atoms with Gasteiger partial charge in [-0.05, 0) is 25.7 Å². The van der Waals surface area contributed by atoms with Crippen LogP contribution < -0.4 is 5.73 Å². The van der Waals surface area contributed by atoms with Crippen LogP contribution in [0, 0.1) is 0 Å². The van der Waals surface area contributed by atoms with Crippen molar-refractivity contribution in [2.24, 2.45) is 5.73 Å². The van der Waals surface area contributed by atoms with Crippen LogP contribution in [0.3, 0.4) is 0 Å². The van der Waals surface area contributed by atoms with Crippen LogP contribution >= 0.6 is 0 Å². The first-order valence-corrected chi connectivity index (χ1v) is 6.35. The summed E-state index contributed by atoms with van der Waals surface area (Å²) in [6.07, 6.45) is 5.16. The average Bonchev–Trinajstić information content (AvgIpc) is 2.75. The maximum Gasteiger partial charge on any atom is 0.231 e. The molecule has 1 heterocycles. The molecule has 0 aliphatic heterocycles. The Kier molecular flexibility index (Phi) is 3.79. The summed E-state index contributed by atoms with van der Waals surface area (Å²) in [6.45, 7) is 2.68. The van der Waals surface area contributed by atoms with Crippen molar-refractivity contribution in [1.29, 1.82) is 0 Å². The van der Waals surface area contributed by atoms with Gasteiger partial charge in [0.2, 0.25) is 11.7 Å². The average molecular weight is 239 g/mol. The molecule has 0 aromatic carbocycles. The molecule has 1 fully saturated rings. The predicted molar refractivity (Wildman–Crippen MR) is 63.5 cm³/mol. The first-order chi connectivity index (χ1) is 8.25. The fourth-order valence-corrected chi connectivity index (χ4v) is 2.29. The third-order valence-corrected chi connectivity index (χ3v) is 3.67. The second kappa shape index (κ2) is 5.14. The van der Waals surface area contributed by atoms with E-state index in [1.807, 2.05) is 0 Å². The number of nitrogens with two attached hydrogens (primary N) is 1. The van der Waals surface area contributed by atoms with E-state index in [0.717, 1.165) is 32.1 Å². The third-order valence-electron chi connectivity index (χ3n) is 3.67. The minimum absolute atomic E-state index is 0.176. The van der Waals surface area contributed by atoms with Crippen LogP contribution in [0.25, 0.3) is 0 Å². The number of hydrogen-bond donors (Lipinski definition) is 1. The van der Waals surface area contributed by atoms with E-state index in [4.69, 9.17) is 15.0 Å². The number of ether oxygens (including phenoxy) is 1. The van der Waals surface area contributed by atoms with Gasteiger partial charge in [-0.1, -0.05) is 18.5 Å². The molecule has 0 spiro atoms. The molecule has 1 aliphatic carbocycles. The third kappa shape index (κ3) is 2.21. The minimum Gasteiger partial charge on any atom is -0.370 e. The standard InChI is InChI=1S/C12H21N3O2/c1-3-5-9(8-13)10-14-11(15-17-10)12(16-2)6-4-7-12/h9H,3-8,13H2,1-2H3. The molecule has 0 amide bonds. The van der Waals surface area contributed by atoms with E-state index in [0.29, 0.717) is 18.3 Å². The van der Waals surface area contributed by atoms with Gasteiger partial charge in [-0.25, -0.2) is 0 Å². The van der Waals surface area contributed by atoms with Crippen LogP contribution in [0.5, 0.6) is 0 Å². The van der Waals surface area contributed by atoms with Gasteiger partial charge in [0.15, 0.2) is 0 Å². The second-order valence-corrected chi connectivity index (χ2v) is 4.73. The summed E-state index contributed by atoms with van der Waals surface area (Å²) in [4.78, 5) is 4.48. The van der Waals surface area contributed by atoms with Crippen molar-refractivity contribution in [3.8, 4) is 0 Å². The highest BCUT2D eigenvalue weighted by Gasteiger charge is 2.43. The Bertz CT molecular complexity index is 355. The number of aromatic nitrogens is 2. The van der Waals surface area contributed by atoms with Crippen molar-refractivity contribution in [3.63, 3.8) is 0 Å². The smallest absolute Gasteiger partial charge is 0.231 e. The van der Waals surface area contributed by atoms with Crippen LogP contribution in [-0.2, 0) is 10.3 Å². The summed E-state index contributed by atoms with van der Waals surface area (Å²) in [6, 6.07) is 0. The molecule has 5 heteroatoms. The first-order valence-electron chi connectivity index (χ1n) is 6.35. The van der Waals surface area contributed by atoms with Crippen molar-refractivity contribution in [2.45, 2.75) is 50.5 Å². The molecule has 0 radical (unpaired) electrons. The van der Waals surface area contributed by atoms with E-state index in [2.05, 4.69) is 17.1 Å². The highest BCUT2D eigenvalue weighted by molar-refractivity contribution is 5.08. The van der Waals surface area contributed by atoms with E-state index < -0.39 is 0 Å². The molecule has 0 bridgehead atoms. The molecule has 2 rings (SSSR count). The second-order valence-electron chi connectivity index (χ2n) is 4.73. The molecule has 1 aliphatic rings. The Morgan fingerprint density at radius 1 is 1.53 bits per heavy atom. The summed E-state index contributed by atoms with van der Waals surface area (Å²) in [5.41, 5.74) is 5.43. The van der Waals surface area contributed by atoms with Gasteiger partial charge in [-0.2, -0.15) is 4.98 Å². The van der Waals surface area contributed by atoms with Crippen molar-refractivity contribution in [1.82, 2.24) is 10.1 Å². The minimum atomic E-state index is -0.298. The lowest BCUT2D eigenvalue weighted by atomic mass is 9.79. The normalized spacial score (nSPS) is 19.9. The zero-order valence-electron chi connectivity index (χ0n) is 10.6. The first kappa shape index (κ1) is 12.5. The van der Waals surface area contributed by atoms with Gasteiger partial charge in [0.1, 0.15) is 5.60 Å². The van der Waals surface area contributed by atoms with Gasteiger partial charge >= 0.3 is 0 Å². The lowest BCUT2D eigenvalue weighted by Gasteiger charge is -2.37.